The summed E-state index contributed by atoms with van der Waals surface area (Å²) in [6.45, 7) is 7.22. The van der Waals surface area contributed by atoms with Gasteiger partial charge in [0, 0.05) is 10.0 Å². The van der Waals surface area contributed by atoms with Gasteiger partial charge in [-0.1, -0.05) is 33.2 Å². The Morgan fingerprint density at radius 3 is 2.32 bits per heavy atom. The molecule has 0 aliphatic carbocycles. The van der Waals surface area contributed by atoms with Crippen LogP contribution in [0.3, 0.4) is 0 Å². The summed E-state index contributed by atoms with van der Waals surface area (Å²) in [4.78, 5) is 18.0. The van der Waals surface area contributed by atoms with Crippen LogP contribution in [0.5, 0.6) is 17.2 Å². The Balaban J connectivity index is 2.13. The summed E-state index contributed by atoms with van der Waals surface area (Å²) in [7, 11) is 0. The van der Waals surface area contributed by atoms with Gasteiger partial charge in [0.05, 0.1) is 36.6 Å². The summed E-state index contributed by atoms with van der Waals surface area (Å²) < 4.78 is 20.9. The number of halogens is 1. The standard InChI is InChI=1S/C23H23BrN2O4S/c1-5-11-26-17-10-9-16(24)14-20(17)31-23(26)25-22(27)15-12-18(28-6-2)21(30-8-4)19(13-15)29-7-3/h1,9-10,12-14H,6-8,11H2,2-4H3. The average molecular weight is 503 g/mol. The molecule has 1 heterocycles. The van der Waals surface area contributed by atoms with Crippen molar-refractivity contribution in [3.63, 3.8) is 0 Å². The van der Waals surface area contributed by atoms with Crippen LogP contribution in [0.1, 0.15) is 31.1 Å². The van der Waals surface area contributed by atoms with Crippen LogP contribution in [-0.2, 0) is 6.54 Å². The minimum atomic E-state index is -0.415. The number of nitrogens with zero attached hydrogens (tertiary/aromatic N) is 2. The molecule has 6 nitrogen and oxygen atoms in total. The molecule has 31 heavy (non-hydrogen) atoms. The molecule has 0 radical (unpaired) electrons. The molecule has 0 unspecified atom stereocenters. The topological polar surface area (TPSA) is 62.1 Å². The number of carbonyl (C=O) groups excluding carboxylic acids is 1. The maximum Gasteiger partial charge on any atom is 0.279 e. The number of rotatable bonds is 8. The molecule has 0 fully saturated rings. The molecule has 162 valence electrons. The van der Waals surface area contributed by atoms with Gasteiger partial charge in [0.2, 0.25) is 5.75 Å². The van der Waals surface area contributed by atoms with Crippen LogP contribution < -0.4 is 19.0 Å². The average Bonchev–Trinajstić information content (AvgIpc) is 3.06. The molecular weight excluding hydrogens is 480 g/mol. The number of fused-ring (bicyclic) bond motifs is 1. The van der Waals surface area contributed by atoms with Crippen molar-refractivity contribution >= 4 is 43.4 Å². The van der Waals surface area contributed by atoms with E-state index in [0.29, 0.717) is 54.0 Å². The molecule has 2 aromatic carbocycles. The summed E-state index contributed by atoms with van der Waals surface area (Å²) in [5.41, 5.74) is 1.27. The van der Waals surface area contributed by atoms with E-state index in [1.165, 1.54) is 11.3 Å². The zero-order valence-corrected chi connectivity index (χ0v) is 20.0. The Labute approximate surface area is 193 Å². The highest BCUT2D eigenvalue weighted by molar-refractivity contribution is 9.10. The number of terminal acetylenes is 1. The van der Waals surface area contributed by atoms with E-state index in [9.17, 15) is 4.79 Å². The van der Waals surface area contributed by atoms with Gasteiger partial charge in [0.25, 0.3) is 5.91 Å². The first-order valence-electron chi connectivity index (χ1n) is 9.90. The molecule has 1 aromatic heterocycles. The van der Waals surface area contributed by atoms with E-state index in [2.05, 4.69) is 26.8 Å². The number of hydrogen-bond donors (Lipinski definition) is 0. The van der Waals surface area contributed by atoms with E-state index >= 15 is 0 Å². The first kappa shape index (κ1) is 22.9. The third kappa shape index (κ3) is 5.12. The number of carbonyl (C=O) groups is 1. The molecule has 3 aromatic rings. The first-order chi connectivity index (χ1) is 15.0. The molecule has 0 spiro atoms. The van der Waals surface area contributed by atoms with Crippen molar-refractivity contribution in [1.29, 1.82) is 0 Å². The lowest BCUT2D eigenvalue weighted by molar-refractivity contribution is 0.0996. The van der Waals surface area contributed by atoms with Crippen LogP contribution in [0.4, 0.5) is 0 Å². The fourth-order valence-electron chi connectivity index (χ4n) is 3.04. The summed E-state index contributed by atoms with van der Waals surface area (Å²) in [5, 5.41) is 0. The largest absolute Gasteiger partial charge is 0.490 e. The van der Waals surface area contributed by atoms with Gasteiger partial charge in [-0.2, -0.15) is 4.99 Å². The second-order valence-corrected chi connectivity index (χ2v) is 8.23. The number of benzene rings is 2. The lowest BCUT2D eigenvalue weighted by Gasteiger charge is -2.16. The summed E-state index contributed by atoms with van der Waals surface area (Å²) >= 11 is 4.88. The van der Waals surface area contributed by atoms with Crippen molar-refractivity contribution in [3.05, 3.63) is 45.2 Å². The Hall–Kier alpha value is -2.76. The Bertz CT molecular complexity index is 1180. The van der Waals surface area contributed by atoms with Crippen LogP contribution in [-0.4, -0.2) is 30.3 Å². The van der Waals surface area contributed by atoms with Crippen LogP contribution in [0.25, 0.3) is 10.2 Å². The predicted molar refractivity (Wildman–Crippen MR) is 126 cm³/mol. The fourth-order valence-corrected chi connectivity index (χ4v) is 4.62. The minimum Gasteiger partial charge on any atom is -0.490 e. The van der Waals surface area contributed by atoms with Gasteiger partial charge >= 0.3 is 0 Å². The second-order valence-electron chi connectivity index (χ2n) is 6.30. The summed E-state index contributed by atoms with van der Waals surface area (Å²) in [6, 6.07) is 9.14. The molecule has 0 atom stereocenters. The van der Waals surface area contributed by atoms with E-state index in [4.69, 9.17) is 20.6 Å². The van der Waals surface area contributed by atoms with Crippen molar-refractivity contribution in [1.82, 2.24) is 4.57 Å². The monoisotopic (exact) mass is 502 g/mol. The van der Waals surface area contributed by atoms with Crippen molar-refractivity contribution < 1.29 is 19.0 Å². The highest BCUT2D eigenvalue weighted by atomic mass is 79.9. The number of hydrogen-bond acceptors (Lipinski definition) is 5. The second kappa shape index (κ2) is 10.5. The van der Waals surface area contributed by atoms with E-state index in [-0.39, 0.29) is 0 Å². The maximum absolute atomic E-state index is 13.1. The Morgan fingerprint density at radius 2 is 1.74 bits per heavy atom. The van der Waals surface area contributed by atoms with Gasteiger partial charge in [-0.3, -0.25) is 4.79 Å². The van der Waals surface area contributed by atoms with Gasteiger partial charge in [0.1, 0.15) is 0 Å². The lowest BCUT2D eigenvalue weighted by atomic mass is 10.1. The van der Waals surface area contributed by atoms with Crippen LogP contribution >= 0.6 is 27.3 Å². The van der Waals surface area contributed by atoms with Gasteiger partial charge in [-0.25, -0.2) is 0 Å². The maximum atomic E-state index is 13.1. The Morgan fingerprint density at radius 1 is 1.10 bits per heavy atom. The van der Waals surface area contributed by atoms with E-state index in [1.807, 2.05) is 43.5 Å². The highest BCUT2D eigenvalue weighted by Crippen LogP contribution is 2.39. The van der Waals surface area contributed by atoms with E-state index in [1.54, 1.807) is 12.1 Å². The zero-order chi connectivity index (χ0) is 22.4. The number of ether oxygens (including phenoxy) is 3. The van der Waals surface area contributed by atoms with Crippen molar-refractivity contribution in [2.75, 3.05) is 19.8 Å². The molecule has 0 aliphatic rings. The minimum absolute atomic E-state index is 0.311. The third-order valence-electron chi connectivity index (χ3n) is 4.25. The van der Waals surface area contributed by atoms with Crippen molar-refractivity contribution in [3.8, 4) is 29.6 Å². The zero-order valence-electron chi connectivity index (χ0n) is 17.6. The summed E-state index contributed by atoms with van der Waals surface area (Å²) in [6.07, 6.45) is 5.55. The number of aromatic nitrogens is 1. The SMILES string of the molecule is C#CCn1c(=NC(=O)c2cc(OCC)c(OCC)c(OCC)c2)sc2cc(Br)ccc21. The molecular formula is C23H23BrN2O4S. The Kier molecular flexibility index (Phi) is 7.77. The normalized spacial score (nSPS) is 11.4. The molecule has 0 saturated heterocycles. The fraction of sp³-hybridized carbons (Fsp3) is 0.304. The van der Waals surface area contributed by atoms with Crippen molar-refractivity contribution in [2.45, 2.75) is 27.3 Å². The first-order valence-corrected chi connectivity index (χ1v) is 11.5. The van der Waals surface area contributed by atoms with Crippen LogP contribution in [0.15, 0.2) is 39.8 Å². The molecule has 3 rings (SSSR count). The van der Waals surface area contributed by atoms with Crippen LogP contribution in [0, 0.1) is 12.3 Å². The number of amides is 1. The van der Waals surface area contributed by atoms with E-state index in [0.717, 1.165) is 14.7 Å². The quantitative estimate of drug-likeness (QED) is 0.405. The highest BCUT2D eigenvalue weighted by Gasteiger charge is 2.18. The molecule has 0 N–H and O–H groups in total. The van der Waals surface area contributed by atoms with E-state index < -0.39 is 5.91 Å². The molecule has 0 bridgehead atoms. The van der Waals surface area contributed by atoms with Gasteiger partial charge in [-0.15, -0.1) is 6.42 Å². The molecule has 1 amide bonds. The molecule has 0 aliphatic heterocycles. The lowest BCUT2D eigenvalue weighted by Crippen LogP contribution is -2.16. The van der Waals surface area contributed by atoms with Crippen LogP contribution in [0.2, 0.25) is 0 Å². The smallest absolute Gasteiger partial charge is 0.279 e. The van der Waals surface area contributed by atoms with Crippen molar-refractivity contribution in [2.24, 2.45) is 4.99 Å². The third-order valence-corrected chi connectivity index (χ3v) is 5.78. The predicted octanol–water partition coefficient (Wildman–Crippen LogP) is 5.04. The molecule has 8 heteroatoms. The van der Waals surface area contributed by atoms with Gasteiger partial charge < -0.3 is 18.8 Å². The number of thiazole rings is 1. The molecule has 0 saturated carbocycles. The van der Waals surface area contributed by atoms with Gasteiger partial charge in [0.15, 0.2) is 16.3 Å². The summed E-state index contributed by atoms with van der Waals surface area (Å²) in [5.74, 6) is 3.60. The van der Waals surface area contributed by atoms with Gasteiger partial charge in [-0.05, 0) is 51.1 Å².